The summed E-state index contributed by atoms with van der Waals surface area (Å²) in [7, 11) is 0. The van der Waals surface area contributed by atoms with Crippen LogP contribution in [0.5, 0.6) is 0 Å². The van der Waals surface area contributed by atoms with E-state index >= 15 is 0 Å². The SMILES string of the molecule is CCCC(N)CC(=O)N(CC)CC(C)CC. The molecule has 2 unspecified atom stereocenters. The summed E-state index contributed by atoms with van der Waals surface area (Å²) in [6, 6.07) is 0.0310. The van der Waals surface area contributed by atoms with Crippen molar-refractivity contribution in [1.82, 2.24) is 4.90 Å². The van der Waals surface area contributed by atoms with E-state index in [2.05, 4.69) is 20.8 Å². The lowest BCUT2D eigenvalue weighted by atomic mass is 10.1. The molecule has 3 nitrogen and oxygen atoms in total. The first-order chi connectivity index (χ1) is 7.54. The molecule has 0 aromatic carbocycles. The van der Waals surface area contributed by atoms with Gasteiger partial charge in [0, 0.05) is 25.6 Å². The van der Waals surface area contributed by atoms with Crippen LogP contribution in [-0.4, -0.2) is 29.9 Å². The topological polar surface area (TPSA) is 46.3 Å². The number of carbonyl (C=O) groups is 1. The molecule has 0 saturated carbocycles. The van der Waals surface area contributed by atoms with Crippen LogP contribution in [0.15, 0.2) is 0 Å². The maximum Gasteiger partial charge on any atom is 0.224 e. The quantitative estimate of drug-likeness (QED) is 0.693. The highest BCUT2D eigenvalue weighted by Gasteiger charge is 2.16. The largest absolute Gasteiger partial charge is 0.343 e. The minimum atomic E-state index is 0.0310. The smallest absolute Gasteiger partial charge is 0.224 e. The van der Waals surface area contributed by atoms with Gasteiger partial charge in [0.05, 0.1) is 0 Å². The van der Waals surface area contributed by atoms with Crippen molar-refractivity contribution in [3.8, 4) is 0 Å². The maximum absolute atomic E-state index is 12.0. The second-order valence-electron chi connectivity index (χ2n) is 4.70. The number of carbonyl (C=O) groups excluding carboxylic acids is 1. The lowest BCUT2D eigenvalue weighted by Gasteiger charge is -2.25. The number of rotatable bonds is 8. The molecular weight excluding hydrogens is 200 g/mol. The molecule has 2 atom stereocenters. The van der Waals surface area contributed by atoms with Gasteiger partial charge in [-0.2, -0.15) is 0 Å². The highest BCUT2D eigenvalue weighted by molar-refractivity contribution is 5.76. The number of nitrogens with two attached hydrogens (primary N) is 1. The minimum Gasteiger partial charge on any atom is -0.343 e. The third-order valence-electron chi connectivity index (χ3n) is 3.06. The second kappa shape index (κ2) is 8.57. The first-order valence-corrected chi connectivity index (χ1v) is 6.58. The fourth-order valence-electron chi connectivity index (χ4n) is 1.74. The molecule has 3 heteroatoms. The predicted octanol–water partition coefficient (Wildman–Crippen LogP) is 2.40. The summed E-state index contributed by atoms with van der Waals surface area (Å²) in [5.74, 6) is 0.787. The fourth-order valence-corrected chi connectivity index (χ4v) is 1.74. The summed E-state index contributed by atoms with van der Waals surface area (Å²) in [6.45, 7) is 10.1. The van der Waals surface area contributed by atoms with Gasteiger partial charge in [0.25, 0.3) is 0 Å². The Morgan fingerprint density at radius 1 is 1.31 bits per heavy atom. The van der Waals surface area contributed by atoms with Gasteiger partial charge in [0.15, 0.2) is 0 Å². The van der Waals surface area contributed by atoms with Crippen molar-refractivity contribution in [3.05, 3.63) is 0 Å². The van der Waals surface area contributed by atoms with Crippen LogP contribution in [0.2, 0.25) is 0 Å². The molecule has 0 aromatic rings. The predicted molar refractivity (Wildman–Crippen MR) is 69.2 cm³/mol. The van der Waals surface area contributed by atoms with Crippen LogP contribution < -0.4 is 5.73 Å². The van der Waals surface area contributed by atoms with Gasteiger partial charge in [0.1, 0.15) is 0 Å². The van der Waals surface area contributed by atoms with Crippen molar-refractivity contribution in [2.45, 2.75) is 59.4 Å². The van der Waals surface area contributed by atoms with Gasteiger partial charge in [-0.05, 0) is 19.3 Å². The third kappa shape index (κ3) is 6.11. The van der Waals surface area contributed by atoms with Gasteiger partial charge in [0.2, 0.25) is 5.91 Å². The average Bonchev–Trinajstić information content (AvgIpc) is 2.25. The Morgan fingerprint density at radius 2 is 1.94 bits per heavy atom. The molecule has 0 fully saturated rings. The highest BCUT2D eigenvalue weighted by Crippen LogP contribution is 2.08. The molecule has 0 saturated heterocycles. The molecule has 0 aliphatic rings. The minimum absolute atomic E-state index is 0.0310. The van der Waals surface area contributed by atoms with Crippen LogP contribution in [0.4, 0.5) is 0 Å². The lowest BCUT2D eigenvalue weighted by Crippen LogP contribution is -2.38. The Bertz CT molecular complexity index is 194. The van der Waals surface area contributed by atoms with Gasteiger partial charge in [-0.1, -0.05) is 33.6 Å². The lowest BCUT2D eigenvalue weighted by molar-refractivity contribution is -0.132. The van der Waals surface area contributed by atoms with E-state index in [9.17, 15) is 4.79 Å². The number of amides is 1. The van der Waals surface area contributed by atoms with Crippen LogP contribution in [0.1, 0.15) is 53.4 Å². The Morgan fingerprint density at radius 3 is 2.38 bits per heavy atom. The molecule has 0 bridgehead atoms. The summed E-state index contributed by atoms with van der Waals surface area (Å²) in [5, 5.41) is 0. The van der Waals surface area contributed by atoms with Crippen LogP contribution >= 0.6 is 0 Å². The van der Waals surface area contributed by atoms with Crippen LogP contribution in [0.25, 0.3) is 0 Å². The molecule has 0 radical (unpaired) electrons. The first-order valence-electron chi connectivity index (χ1n) is 6.58. The summed E-state index contributed by atoms with van der Waals surface area (Å²) in [5.41, 5.74) is 5.89. The van der Waals surface area contributed by atoms with Gasteiger partial charge in [-0.25, -0.2) is 0 Å². The zero-order valence-electron chi connectivity index (χ0n) is 11.3. The average molecular weight is 228 g/mol. The molecule has 0 aromatic heterocycles. The molecule has 1 amide bonds. The van der Waals surface area contributed by atoms with Crippen molar-refractivity contribution < 1.29 is 4.79 Å². The Hall–Kier alpha value is -0.570. The van der Waals surface area contributed by atoms with Crippen molar-refractivity contribution in [1.29, 1.82) is 0 Å². The van der Waals surface area contributed by atoms with Crippen LogP contribution in [0.3, 0.4) is 0 Å². The van der Waals surface area contributed by atoms with Crippen molar-refractivity contribution in [2.24, 2.45) is 11.7 Å². The van der Waals surface area contributed by atoms with E-state index in [1.54, 1.807) is 0 Å². The van der Waals surface area contributed by atoms with E-state index in [4.69, 9.17) is 5.73 Å². The van der Waals surface area contributed by atoms with Crippen LogP contribution in [0, 0.1) is 5.92 Å². The Kier molecular flexibility index (Phi) is 8.26. The maximum atomic E-state index is 12.0. The first kappa shape index (κ1) is 15.4. The molecule has 0 heterocycles. The summed E-state index contributed by atoms with van der Waals surface area (Å²) in [6.07, 6.45) is 3.60. The van der Waals surface area contributed by atoms with Crippen LogP contribution in [-0.2, 0) is 4.79 Å². The molecule has 96 valence electrons. The monoisotopic (exact) mass is 228 g/mol. The van der Waals surface area contributed by atoms with Crippen molar-refractivity contribution in [3.63, 3.8) is 0 Å². The summed E-state index contributed by atoms with van der Waals surface area (Å²) >= 11 is 0. The summed E-state index contributed by atoms with van der Waals surface area (Å²) < 4.78 is 0. The molecule has 2 N–H and O–H groups in total. The molecule has 16 heavy (non-hydrogen) atoms. The van der Waals surface area contributed by atoms with Crippen molar-refractivity contribution >= 4 is 5.91 Å². The second-order valence-corrected chi connectivity index (χ2v) is 4.70. The normalized spacial score (nSPS) is 14.6. The van der Waals surface area contributed by atoms with E-state index in [0.717, 1.165) is 32.4 Å². The van der Waals surface area contributed by atoms with Gasteiger partial charge in [-0.3, -0.25) is 4.79 Å². The van der Waals surface area contributed by atoms with E-state index in [1.165, 1.54) is 0 Å². The van der Waals surface area contributed by atoms with E-state index in [1.807, 2.05) is 11.8 Å². The fraction of sp³-hybridized carbons (Fsp3) is 0.923. The molecule has 0 aliphatic carbocycles. The standard InChI is InChI=1S/C13H28N2O/c1-5-8-12(14)9-13(16)15(7-3)10-11(4)6-2/h11-12H,5-10,14H2,1-4H3. The Labute approximate surface area is 100 Å². The van der Waals surface area contributed by atoms with Gasteiger partial charge in [-0.15, -0.1) is 0 Å². The summed E-state index contributed by atoms with van der Waals surface area (Å²) in [4.78, 5) is 13.9. The zero-order chi connectivity index (χ0) is 12.6. The number of hydrogen-bond acceptors (Lipinski definition) is 2. The zero-order valence-corrected chi connectivity index (χ0v) is 11.3. The number of nitrogens with zero attached hydrogens (tertiary/aromatic N) is 1. The van der Waals surface area contributed by atoms with E-state index in [-0.39, 0.29) is 11.9 Å². The van der Waals surface area contributed by atoms with Gasteiger partial charge < -0.3 is 10.6 Å². The van der Waals surface area contributed by atoms with E-state index < -0.39 is 0 Å². The number of hydrogen-bond donors (Lipinski definition) is 1. The third-order valence-corrected chi connectivity index (χ3v) is 3.06. The van der Waals surface area contributed by atoms with E-state index in [0.29, 0.717) is 12.3 Å². The molecule has 0 aliphatic heterocycles. The Balaban J connectivity index is 4.09. The van der Waals surface area contributed by atoms with Crippen molar-refractivity contribution in [2.75, 3.05) is 13.1 Å². The molecule has 0 spiro atoms. The molecule has 0 rings (SSSR count). The highest BCUT2D eigenvalue weighted by atomic mass is 16.2. The molecular formula is C13H28N2O. The van der Waals surface area contributed by atoms with Gasteiger partial charge >= 0.3 is 0 Å².